The molecule has 3 unspecified atom stereocenters. The molecule has 2 saturated heterocycles. The molecule has 2 aliphatic heterocycles. The van der Waals surface area contributed by atoms with Gasteiger partial charge in [-0.15, -0.1) is 0 Å². The van der Waals surface area contributed by atoms with Crippen molar-refractivity contribution in [2.75, 3.05) is 26.2 Å². The van der Waals surface area contributed by atoms with E-state index in [1.807, 2.05) is 4.90 Å². The van der Waals surface area contributed by atoms with Crippen molar-refractivity contribution in [3.63, 3.8) is 0 Å². The number of nitrogens with zero attached hydrogens (tertiary/aromatic N) is 2. The molecule has 26 heavy (non-hydrogen) atoms. The molecule has 1 amide bonds. The van der Waals surface area contributed by atoms with Crippen LogP contribution in [0.15, 0.2) is 18.2 Å². The van der Waals surface area contributed by atoms with Crippen molar-refractivity contribution in [1.29, 1.82) is 0 Å². The van der Waals surface area contributed by atoms with Crippen molar-refractivity contribution in [3.05, 3.63) is 35.4 Å². The van der Waals surface area contributed by atoms with Crippen molar-refractivity contribution < 1.29 is 18.3 Å². The molecule has 6 heteroatoms. The number of aryl methyl sites for hydroxylation is 1. The van der Waals surface area contributed by atoms with Crippen molar-refractivity contribution in [2.45, 2.75) is 57.8 Å². The number of morpholine rings is 1. The van der Waals surface area contributed by atoms with E-state index in [1.54, 1.807) is 0 Å². The number of rotatable bonds is 5. The monoisotopic (exact) mass is 366 g/mol. The molecule has 1 aromatic carbocycles. The Balaban J connectivity index is 1.55. The van der Waals surface area contributed by atoms with Crippen LogP contribution in [0.1, 0.15) is 38.7 Å². The maximum atomic E-state index is 13.7. The van der Waals surface area contributed by atoms with E-state index in [2.05, 4.69) is 18.7 Å². The van der Waals surface area contributed by atoms with E-state index >= 15 is 0 Å². The molecule has 0 radical (unpaired) electrons. The van der Waals surface area contributed by atoms with Gasteiger partial charge in [0.05, 0.1) is 12.2 Å². The molecular weight excluding hydrogens is 338 g/mol. The summed E-state index contributed by atoms with van der Waals surface area (Å²) in [6, 6.07) is 3.61. The topological polar surface area (TPSA) is 32.8 Å². The van der Waals surface area contributed by atoms with Gasteiger partial charge in [-0.3, -0.25) is 9.69 Å². The van der Waals surface area contributed by atoms with E-state index in [0.717, 1.165) is 51.2 Å². The van der Waals surface area contributed by atoms with Gasteiger partial charge in [0, 0.05) is 38.6 Å². The molecule has 0 aromatic heterocycles. The first-order chi connectivity index (χ1) is 12.4. The number of carbonyl (C=O) groups is 1. The Hall–Kier alpha value is -1.53. The second kappa shape index (κ2) is 8.44. The Morgan fingerprint density at radius 2 is 1.96 bits per heavy atom. The third-order valence-corrected chi connectivity index (χ3v) is 5.28. The summed E-state index contributed by atoms with van der Waals surface area (Å²) in [6.07, 6.45) is 2.87. The van der Waals surface area contributed by atoms with Crippen molar-refractivity contribution in [1.82, 2.24) is 9.80 Å². The van der Waals surface area contributed by atoms with Gasteiger partial charge in [0.25, 0.3) is 0 Å². The van der Waals surface area contributed by atoms with Crippen LogP contribution in [0.4, 0.5) is 8.78 Å². The highest BCUT2D eigenvalue weighted by Crippen LogP contribution is 2.22. The summed E-state index contributed by atoms with van der Waals surface area (Å²) in [5.74, 6) is -0.887. The van der Waals surface area contributed by atoms with E-state index in [1.165, 1.54) is 6.07 Å². The molecule has 0 spiro atoms. The summed E-state index contributed by atoms with van der Waals surface area (Å²) < 4.78 is 32.8. The molecule has 0 saturated carbocycles. The molecule has 4 nitrogen and oxygen atoms in total. The number of hydrogen-bond acceptors (Lipinski definition) is 3. The van der Waals surface area contributed by atoms with Crippen LogP contribution in [-0.4, -0.2) is 60.1 Å². The predicted octanol–water partition coefficient (Wildman–Crippen LogP) is 3.00. The molecule has 3 rings (SSSR count). The number of benzene rings is 1. The fourth-order valence-electron chi connectivity index (χ4n) is 4.21. The molecule has 1 aromatic rings. The molecule has 0 N–H and O–H groups in total. The van der Waals surface area contributed by atoms with E-state index in [9.17, 15) is 13.6 Å². The van der Waals surface area contributed by atoms with Gasteiger partial charge in [-0.05, 0) is 56.9 Å². The largest absolute Gasteiger partial charge is 0.373 e. The molecule has 144 valence electrons. The van der Waals surface area contributed by atoms with Crippen molar-refractivity contribution in [3.8, 4) is 0 Å². The first-order valence-electron chi connectivity index (χ1n) is 9.53. The number of likely N-dealkylation sites (tertiary alicyclic amines) is 1. The van der Waals surface area contributed by atoms with Gasteiger partial charge < -0.3 is 9.64 Å². The lowest BCUT2D eigenvalue weighted by molar-refractivity contribution is -0.133. The molecule has 3 atom stereocenters. The smallest absolute Gasteiger partial charge is 0.223 e. The van der Waals surface area contributed by atoms with E-state index in [0.29, 0.717) is 0 Å². The molecule has 2 fully saturated rings. The van der Waals surface area contributed by atoms with Gasteiger partial charge in [-0.25, -0.2) is 8.78 Å². The van der Waals surface area contributed by atoms with Crippen LogP contribution in [0.25, 0.3) is 0 Å². The van der Waals surface area contributed by atoms with Crippen LogP contribution in [0.2, 0.25) is 0 Å². The highest BCUT2D eigenvalue weighted by Gasteiger charge is 2.32. The Labute approximate surface area is 154 Å². The number of halogens is 2. The van der Waals surface area contributed by atoms with Crippen LogP contribution < -0.4 is 0 Å². The van der Waals surface area contributed by atoms with E-state index < -0.39 is 11.6 Å². The zero-order valence-electron chi connectivity index (χ0n) is 15.6. The lowest BCUT2D eigenvalue weighted by atomic mass is 10.1. The number of hydrogen-bond donors (Lipinski definition) is 0. The van der Waals surface area contributed by atoms with Gasteiger partial charge in [-0.1, -0.05) is 0 Å². The first-order valence-corrected chi connectivity index (χ1v) is 9.53. The third kappa shape index (κ3) is 4.80. The van der Waals surface area contributed by atoms with Crippen molar-refractivity contribution >= 4 is 5.91 Å². The molecule has 2 aliphatic rings. The van der Waals surface area contributed by atoms with E-state index in [4.69, 9.17) is 4.74 Å². The highest BCUT2D eigenvalue weighted by molar-refractivity contribution is 5.77. The molecule has 0 aliphatic carbocycles. The van der Waals surface area contributed by atoms with Gasteiger partial charge in [0.2, 0.25) is 5.91 Å². The van der Waals surface area contributed by atoms with Crippen LogP contribution in [0.3, 0.4) is 0 Å². The number of amides is 1. The van der Waals surface area contributed by atoms with Gasteiger partial charge in [-0.2, -0.15) is 0 Å². The normalized spacial score (nSPS) is 27.1. The number of carbonyl (C=O) groups excluding carboxylic acids is 1. The SMILES string of the molecule is CC1CN(CC2CCCN2C(=O)CCc2cc(F)ccc2F)CC(C)O1. The minimum atomic E-state index is -0.469. The minimum absolute atomic E-state index is 0.0329. The first kappa shape index (κ1) is 19.2. The standard InChI is InChI=1S/C20H28F2N2O2/c1-14-11-23(12-15(2)26-14)13-18-4-3-9-24(18)20(25)8-5-16-10-17(21)6-7-19(16)22/h6-7,10,14-15,18H,3-5,8-9,11-13H2,1-2H3. The number of ether oxygens (including phenoxy) is 1. The molecule has 2 heterocycles. The van der Waals surface area contributed by atoms with Crippen LogP contribution in [0, 0.1) is 11.6 Å². The summed E-state index contributed by atoms with van der Waals surface area (Å²) in [5, 5.41) is 0. The molecule has 0 bridgehead atoms. The van der Waals surface area contributed by atoms with Crippen molar-refractivity contribution in [2.24, 2.45) is 0 Å². The Morgan fingerprint density at radius 3 is 2.69 bits per heavy atom. The van der Waals surface area contributed by atoms with Crippen LogP contribution in [0.5, 0.6) is 0 Å². The van der Waals surface area contributed by atoms with Gasteiger partial charge >= 0.3 is 0 Å². The van der Waals surface area contributed by atoms with Crippen LogP contribution in [-0.2, 0) is 16.0 Å². The van der Waals surface area contributed by atoms with E-state index in [-0.39, 0.29) is 42.6 Å². The fourth-order valence-corrected chi connectivity index (χ4v) is 4.21. The molecular formula is C20H28F2N2O2. The average Bonchev–Trinajstić information content (AvgIpc) is 3.02. The summed E-state index contributed by atoms with van der Waals surface area (Å²) in [4.78, 5) is 17.0. The Morgan fingerprint density at radius 1 is 1.23 bits per heavy atom. The summed E-state index contributed by atoms with van der Waals surface area (Å²) in [7, 11) is 0. The maximum Gasteiger partial charge on any atom is 0.223 e. The highest BCUT2D eigenvalue weighted by atomic mass is 19.1. The van der Waals surface area contributed by atoms with Crippen LogP contribution >= 0.6 is 0 Å². The zero-order valence-corrected chi connectivity index (χ0v) is 15.6. The zero-order chi connectivity index (χ0) is 18.7. The average molecular weight is 366 g/mol. The fraction of sp³-hybridized carbons (Fsp3) is 0.650. The summed E-state index contributed by atoms with van der Waals surface area (Å²) in [6.45, 7) is 7.54. The summed E-state index contributed by atoms with van der Waals surface area (Å²) >= 11 is 0. The lowest BCUT2D eigenvalue weighted by Crippen LogP contribution is -2.50. The Bertz CT molecular complexity index is 630. The quantitative estimate of drug-likeness (QED) is 0.803. The Kier molecular flexibility index (Phi) is 6.24. The lowest BCUT2D eigenvalue weighted by Gasteiger charge is -2.38. The van der Waals surface area contributed by atoms with Gasteiger partial charge in [0.15, 0.2) is 0 Å². The predicted molar refractivity (Wildman–Crippen MR) is 95.9 cm³/mol. The second-order valence-electron chi connectivity index (χ2n) is 7.59. The second-order valence-corrected chi connectivity index (χ2v) is 7.59. The summed E-state index contributed by atoms with van der Waals surface area (Å²) in [5.41, 5.74) is 0.268. The third-order valence-electron chi connectivity index (χ3n) is 5.28. The maximum absolute atomic E-state index is 13.7. The van der Waals surface area contributed by atoms with Gasteiger partial charge in [0.1, 0.15) is 11.6 Å². The minimum Gasteiger partial charge on any atom is -0.373 e.